The summed E-state index contributed by atoms with van der Waals surface area (Å²) in [5.74, 6) is -0.401. The molecule has 2 rings (SSSR count). The Bertz CT molecular complexity index is 783. The highest BCUT2D eigenvalue weighted by Crippen LogP contribution is 2.16. The van der Waals surface area contributed by atoms with Gasteiger partial charge in [-0.15, -0.1) is 0 Å². The molecule has 0 saturated heterocycles. The zero-order chi connectivity index (χ0) is 18.4. The number of carbonyl (C=O) groups excluding carboxylic acids is 3. The lowest BCUT2D eigenvalue weighted by atomic mass is 10.1. The summed E-state index contributed by atoms with van der Waals surface area (Å²) in [4.78, 5) is 35.0. The summed E-state index contributed by atoms with van der Waals surface area (Å²) < 4.78 is 10.2. The number of hydrogen-bond acceptors (Lipinski definition) is 5. The molecule has 0 radical (unpaired) electrons. The molecule has 1 N–H and O–H groups in total. The van der Waals surface area contributed by atoms with E-state index in [2.05, 4.69) is 10.1 Å². The first kappa shape index (κ1) is 18.2. The Hall–Kier alpha value is -3.15. The van der Waals surface area contributed by atoms with Gasteiger partial charge in [0.05, 0.1) is 12.7 Å². The smallest absolute Gasteiger partial charge is 0.337 e. The first-order valence-corrected chi connectivity index (χ1v) is 7.67. The van der Waals surface area contributed by atoms with Crippen LogP contribution in [0.3, 0.4) is 0 Å². The Balaban J connectivity index is 2.00. The van der Waals surface area contributed by atoms with Gasteiger partial charge in [0.2, 0.25) is 0 Å². The van der Waals surface area contributed by atoms with Gasteiger partial charge >= 0.3 is 5.97 Å². The Morgan fingerprint density at radius 3 is 2.28 bits per heavy atom. The minimum atomic E-state index is -0.759. The number of benzene rings is 2. The van der Waals surface area contributed by atoms with Crippen LogP contribution < -0.4 is 10.1 Å². The molecule has 0 aromatic heterocycles. The second-order valence-electron chi connectivity index (χ2n) is 5.40. The summed E-state index contributed by atoms with van der Waals surface area (Å²) in [5, 5.41) is 2.69. The summed E-state index contributed by atoms with van der Waals surface area (Å²) in [5.41, 5.74) is 1.38. The van der Waals surface area contributed by atoms with Crippen molar-refractivity contribution < 1.29 is 23.9 Å². The fourth-order valence-corrected chi connectivity index (χ4v) is 2.11. The van der Waals surface area contributed by atoms with Gasteiger partial charge in [-0.25, -0.2) is 4.79 Å². The lowest BCUT2D eigenvalue weighted by Crippen LogP contribution is -2.30. The third-order valence-corrected chi connectivity index (χ3v) is 3.49. The summed E-state index contributed by atoms with van der Waals surface area (Å²) in [6.45, 7) is 3.09. The van der Waals surface area contributed by atoms with E-state index in [0.717, 1.165) is 0 Å². The molecule has 0 fully saturated rings. The van der Waals surface area contributed by atoms with Gasteiger partial charge in [-0.2, -0.15) is 0 Å². The number of anilines is 1. The topological polar surface area (TPSA) is 81.7 Å². The molecule has 1 amide bonds. The van der Waals surface area contributed by atoms with Gasteiger partial charge in [0.15, 0.2) is 11.9 Å². The van der Waals surface area contributed by atoms with Gasteiger partial charge in [0, 0.05) is 11.3 Å². The number of nitrogens with one attached hydrogen (secondary N) is 1. The predicted octanol–water partition coefficient (Wildman–Crippen LogP) is 3.08. The molecule has 0 aliphatic heterocycles. The van der Waals surface area contributed by atoms with Gasteiger partial charge in [0.1, 0.15) is 5.75 Å². The number of methoxy groups -OCH3 is 1. The molecule has 2 aromatic rings. The molecule has 6 heteroatoms. The maximum absolute atomic E-state index is 12.2. The lowest BCUT2D eigenvalue weighted by molar-refractivity contribution is -0.122. The van der Waals surface area contributed by atoms with E-state index in [4.69, 9.17) is 4.74 Å². The number of amides is 1. The maximum Gasteiger partial charge on any atom is 0.337 e. The van der Waals surface area contributed by atoms with E-state index < -0.39 is 12.1 Å². The van der Waals surface area contributed by atoms with Crippen molar-refractivity contribution in [2.45, 2.75) is 20.0 Å². The van der Waals surface area contributed by atoms with Crippen LogP contribution in [-0.2, 0) is 9.53 Å². The van der Waals surface area contributed by atoms with Crippen molar-refractivity contribution in [2.75, 3.05) is 12.4 Å². The SMILES string of the molecule is COC(=O)c1cccc(NC(=O)C(C)Oc2ccc(C(C)=O)cc2)c1. The van der Waals surface area contributed by atoms with E-state index in [1.807, 2.05) is 0 Å². The monoisotopic (exact) mass is 341 g/mol. The third kappa shape index (κ3) is 4.91. The van der Waals surface area contributed by atoms with Crippen LogP contribution in [0.2, 0.25) is 0 Å². The normalized spacial score (nSPS) is 11.3. The molecular formula is C19H19NO5. The number of hydrogen-bond donors (Lipinski definition) is 1. The summed E-state index contributed by atoms with van der Waals surface area (Å²) >= 11 is 0. The number of ketones is 1. The molecule has 130 valence electrons. The molecule has 0 saturated carbocycles. The van der Waals surface area contributed by atoms with Crippen molar-refractivity contribution in [2.24, 2.45) is 0 Å². The zero-order valence-electron chi connectivity index (χ0n) is 14.2. The first-order chi connectivity index (χ1) is 11.9. The molecule has 1 unspecified atom stereocenters. The van der Waals surface area contributed by atoms with Crippen molar-refractivity contribution in [1.29, 1.82) is 0 Å². The molecule has 0 spiro atoms. The van der Waals surface area contributed by atoms with Crippen molar-refractivity contribution in [3.8, 4) is 5.75 Å². The highest BCUT2D eigenvalue weighted by molar-refractivity contribution is 5.96. The molecule has 25 heavy (non-hydrogen) atoms. The maximum atomic E-state index is 12.2. The van der Waals surface area contributed by atoms with Gasteiger partial charge < -0.3 is 14.8 Å². The number of rotatable bonds is 6. The van der Waals surface area contributed by atoms with Crippen LogP contribution in [0.4, 0.5) is 5.69 Å². The number of esters is 1. The number of carbonyl (C=O) groups is 3. The highest BCUT2D eigenvalue weighted by Gasteiger charge is 2.16. The van der Waals surface area contributed by atoms with Gasteiger partial charge in [0.25, 0.3) is 5.91 Å². The second kappa shape index (κ2) is 8.10. The van der Waals surface area contributed by atoms with Crippen LogP contribution in [0.25, 0.3) is 0 Å². The lowest BCUT2D eigenvalue weighted by Gasteiger charge is -2.15. The Labute approximate surface area is 145 Å². The van der Waals surface area contributed by atoms with E-state index in [1.165, 1.54) is 20.1 Å². The predicted molar refractivity (Wildman–Crippen MR) is 92.9 cm³/mol. The van der Waals surface area contributed by atoms with E-state index >= 15 is 0 Å². The van der Waals surface area contributed by atoms with Crippen LogP contribution in [0.1, 0.15) is 34.6 Å². The Morgan fingerprint density at radius 1 is 1.00 bits per heavy atom. The minimum absolute atomic E-state index is 0.0390. The molecular weight excluding hydrogens is 322 g/mol. The van der Waals surface area contributed by atoms with E-state index in [9.17, 15) is 14.4 Å². The second-order valence-corrected chi connectivity index (χ2v) is 5.40. The van der Waals surface area contributed by atoms with Gasteiger partial charge in [-0.3, -0.25) is 9.59 Å². The zero-order valence-corrected chi connectivity index (χ0v) is 14.2. The van der Waals surface area contributed by atoms with Crippen LogP contribution in [-0.4, -0.2) is 30.9 Å². The molecule has 0 bridgehead atoms. The minimum Gasteiger partial charge on any atom is -0.481 e. The van der Waals surface area contributed by atoms with E-state index in [-0.39, 0.29) is 11.7 Å². The van der Waals surface area contributed by atoms with Crippen molar-refractivity contribution >= 4 is 23.3 Å². The molecule has 1 atom stereocenters. The van der Waals surface area contributed by atoms with Crippen LogP contribution in [0.5, 0.6) is 5.75 Å². The quantitative estimate of drug-likeness (QED) is 0.645. The standard InChI is InChI=1S/C19H19NO5/c1-12(21)14-7-9-17(10-8-14)25-13(2)18(22)20-16-6-4-5-15(11-16)19(23)24-3/h4-11,13H,1-3H3,(H,20,22). The van der Waals surface area contributed by atoms with Gasteiger partial charge in [-0.05, 0) is 56.3 Å². The highest BCUT2D eigenvalue weighted by atomic mass is 16.5. The van der Waals surface area contributed by atoms with Gasteiger partial charge in [-0.1, -0.05) is 6.07 Å². The molecule has 0 aliphatic carbocycles. The molecule has 0 aliphatic rings. The summed E-state index contributed by atoms with van der Waals surface area (Å²) in [6, 6.07) is 13.0. The van der Waals surface area contributed by atoms with Crippen molar-refractivity contribution in [3.63, 3.8) is 0 Å². The van der Waals surface area contributed by atoms with Crippen LogP contribution in [0.15, 0.2) is 48.5 Å². The molecule has 6 nitrogen and oxygen atoms in total. The fraction of sp³-hybridized carbons (Fsp3) is 0.211. The largest absolute Gasteiger partial charge is 0.481 e. The third-order valence-electron chi connectivity index (χ3n) is 3.49. The first-order valence-electron chi connectivity index (χ1n) is 7.67. The molecule has 0 heterocycles. The molecule has 2 aromatic carbocycles. The average Bonchev–Trinajstić information content (AvgIpc) is 2.61. The van der Waals surface area contributed by atoms with Crippen LogP contribution >= 0.6 is 0 Å². The van der Waals surface area contributed by atoms with Crippen LogP contribution in [0, 0.1) is 0 Å². The Morgan fingerprint density at radius 2 is 1.68 bits per heavy atom. The average molecular weight is 341 g/mol. The Kier molecular flexibility index (Phi) is 5.89. The fourth-order valence-electron chi connectivity index (χ4n) is 2.11. The summed E-state index contributed by atoms with van der Waals surface area (Å²) in [6.07, 6.45) is -0.759. The van der Waals surface area contributed by atoms with E-state index in [1.54, 1.807) is 49.4 Å². The van der Waals surface area contributed by atoms with E-state index in [0.29, 0.717) is 22.6 Å². The summed E-state index contributed by atoms with van der Waals surface area (Å²) in [7, 11) is 1.29. The van der Waals surface area contributed by atoms with Crippen molar-refractivity contribution in [1.82, 2.24) is 0 Å². The number of Topliss-reactive ketones (excluding diaryl/α,β-unsaturated/α-hetero) is 1. The number of ether oxygens (including phenoxy) is 2. The van der Waals surface area contributed by atoms with Crippen molar-refractivity contribution in [3.05, 3.63) is 59.7 Å².